The highest BCUT2D eigenvalue weighted by atomic mass is 35.5. The van der Waals surface area contributed by atoms with Gasteiger partial charge in [0.25, 0.3) is 10.0 Å². The van der Waals surface area contributed by atoms with Crippen molar-refractivity contribution in [3.05, 3.63) is 47.1 Å². The zero-order valence-corrected chi connectivity index (χ0v) is 12.2. The van der Waals surface area contributed by atoms with E-state index in [1.54, 1.807) is 18.2 Å². The molecular weight excluding hydrogens is 300 g/mol. The van der Waals surface area contributed by atoms with E-state index in [-0.39, 0.29) is 10.7 Å². The minimum absolute atomic E-state index is 0.0529. The van der Waals surface area contributed by atoms with Crippen molar-refractivity contribution in [1.29, 1.82) is 0 Å². The zero-order chi connectivity index (χ0) is 14.8. The van der Waals surface area contributed by atoms with Crippen LogP contribution < -0.4 is 16.0 Å². The molecule has 4 N–H and O–H groups in total. The maximum atomic E-state index is 12.2. The molecule has 0 saturated heterocycles. The lowest BCUT2D eigenvalue weighted by Crippen LogP contribution is -2.15. The summed E-state index contributed by atoms with van der Waals surface area (Å²) in [6, 6.07) is 7.64. The third-order valence-electron chi connectivity index (χ3n) is 2.61. The molecule has 6 nitrogen and oxygen atoms in total. The van der Waals surface area contributed by atoms with E-state index in [1.165, 1.54) is 18.3 Å². The molecule has 0 radical (unpaired) electrons. The molecule has 0 unspecified atom stereocenters. The van der Waals surface area contributed by atoms with Crippen molar-refractivity contribution in [3.63, 3.8) is 0 Å². The highest BCUT2D eigenvalue weighted by Crippen LogP contribution is 2.23. The third kappa shape index (κ3) is 3.19. The Morgan fingerprint density at radius 2 is 2.00 bits per heavy atom. The summed E-state index contributed by atoms with van der Waals surface area (Å²) in [4.78, 5) is 3.91. The summed E-state index contributed by atoms with van der Waals surface area (Å²) in [5, 5.41) is 0.490. The number of hydrogen-bond acceptors (Lipinski definition) is 5. The summed E-state index contributed by atoms with van der Waals surface area (Å²) >= 11 is 5.97. The van der Waals surface area contributed by atoms with Crippen molar-refractivity contribution >= 4 is 33.1 Å². The van der Waals surface area contributed by atoms with E-state index in [2.05, 4.69) is 15.1 Å². The van der Waals surface area contributed by atoms with E-state index in [0.29, 0.717) is 10.7 Å². The first-order chi connectivity index (χ1) is 9.42. The van der Waals surface area contributed by atoms with Gasteiger partial charge in [0.1, 0.15) is 5.82 Å². The molecule has 0 saturated carbocycles. The summed E-state index contributed by atoms with van der Waals surface area (Å²) in [6.45, 7) is 1.84. The number of rotatable bonds is 4. The minimum Gasteiger partial charge on any atom is -0.308 e. The lowest BCUT2D eigenvalue weighted by molar-refractivity contribution is 0.601. The summed E-state index contributed by atoms with van der Waals surface area (Å²) in [5.41, 5.74) is 3.55. The lowest BCUT2D eigenvalue weighted by Gasteiger charge is -2.10. The maximum Gasteiger partial charge on any atom is 0.262 e. The van der Waals surface area contributed by atoms with Crippen LogP contribution in [0.2, 0.25) is 5.02 Å². The second-order valence-corrected chi connectivity index (χ2v) is 6.18. The normalized spacial score (nSPS) is 11.2. The Balaban J connectivity index is 2.32. The number of nitrogens with one attached hydrogen (secondary N) is 2. The number of nitrogen functional groups attached to an aromatic ring is 1. The first kappa shape index (κ1) is 14.6. The van der Waals surface area contributed by atoms with Crippen LogP contribution in [-0.2, 0) is 10.0 Å². The molecule has 8 heteroatoms. The Kier molecular flexibility index (Phi) is 4.12. The fourth-order valence-electron chi connectivity index (χ4n) is 1.53. The number of aryl methyl sites for hydroxylation is 1. The molecule has 0 bridgehead atoms. The van der Waals surface area contributed by atoms with Crippen LogP contribution in [0.3, 0.4) is 0 Å². The number of benzene rings is 1. The van der Waals surface area contributed by atoms with Crippen LogP contribution in [0.1, 0.15) is 5.56 Å². The molecule has 0 fully saturated rings. The van der Waals surface area contributed by atoms with E-state index in [4.69, 9.17) is 17.4 Å². The van der Waals surface area contributed by atoms with E-state index in [9.17, 15) is 8.42 Å². The van der Waals surface area contributed by atoms with Crippen LogP contribution in [0, 0.1) is 6.92 Å². The van der Waals surface area contributed by atoms with Crippen molar-refractivity contribution in [2.75, 3.05) is 10.1 Å². The van der Waals surface area contributed by atoms with E-state index in [0.717, 1.165) is 5.56 Å². The first-order valence-corrected chi connectivity index (χ1v) is 7.50. The molecular formula is C12H13ClN4O2S. The van der Waals surface area contributed by atoms with Gasteiger partial charge in [0, 0.05) is 17.3 Å². The Bertz CT molecular complexity index is 734. The molecule has 1 heterocycles. The van der Waals surface area contributed by atoms with Gasteiger partial charge in [-0.3, -0.25) is 4.72 Å². The molecule has 0 aliphatic heterocycles. The Labute approximate surface area is 122 Å². The molecule has 20 heavy (non-hydrogen) atoms. The van der Waals surface area contributed by atoms with Crippen LogP contribution in [0.25, 0.3) is 0 Å². The van der Waals surface area contributed by atoms with Gasteiger partial charge in [0.05, 0.1) is 10.6 Å². The summed E-state index contributed by atoms with van der Waals surface area (Å²) < 4.78 is 26.9. The smallest absolute Gasteiger partial charge is 0.262 e. The Hall–Kier alpha value is -1.83. The van der Waals surface area contributed by atoms with Crippen molar-refractivity contribution < 1.29 is 8.42 Å². The van der Waals surface area contributed by atoms with Gasteiger partial charge in [-0.25, -0.2) is 19.2 Å². The Morgan fingerprint density at radius 1 is 1.25 bits per heavy atom. The van der Waals surface area contributed by atoms with Gasteiger partial charge >= 0.3 is 0 Å². The number of sulfonamides is 1. The van der Waals surface area contributed by atoms with Crippen LogP contribution in [0.4, 0.5) is 11.5 Å². The molecule has 0 spiro atoms. The van der Waals surface area contributed by atoms with Crippen LogP contribution in [-0.4, -0.2) is 13.4 Å². The molecule has 2 aromatic rings. The summed E-state index contributed by atoms with van der Waals surface area (Å²) in [7, 11) is -3.72. The predicted molar refractivity (Wildman–Crippen MR) is 79.0 cm³/mol. The van der Waals surface area contributed by atoms with Gasteiger partial charge < -0.3 is 5.43 Å². The van der Waals surface area contributed by atoms with Gasteiger partial charge in [-0.05, 0) is 30.7 Å². The van der Waals surface area contributed by atoms with Crippen LogP contribution in [0.15, 0.2) is 41.4 Å². The van der Waals surface area contributed by atoms with E-state index >= 15 is 0 Å². The fraction of sp³-hybridized carbons (Fsp3) is 0.0833. The van der Waals surface area contributed by atoms with Crippen LogP contribution in [0.5, 0.6) is 0 Å². The first-order valence-electron chi connectivity index (χ1n) is 5.64. The van der Waals surface area contributed by atoms with Crippen molar-refractivity contribution in [2.24, 2.45) is 5.84 Å². The number of nitrogens with zero attached hydrogens (tertiary/aromatic N) is 1. The highest BCUT2D eigenvalue weighted by Gasteiger charge is 2.15. The number of hydrazine groups is 1. The number of hydrogen-bond donors (Lipinski definition) is 3. The van der Waals surface area contributed by atoms with Gasteiger partial charge in [-0.15, -0.1) is 0 Å². The fourth-order valence-corrected chi connectivity index (χ4v) is 2.77. The molecule has 106 valence electrons. The molecule has 1 aromatic carbocycles. The van der Waals surface area contributed by atoms with Gasteiger partial charge in [0.15, 0.2) is 0 Å². The van der Waals surface area contributed by atoms with Gasteiger partial charge in [-0.2, -0.15) is 0 Å². The topological polar surface area (TPSA) is 97.1 Å². The number of nitrogens with two attached hydrogens (primary N) is 1. The number of halogens is 1. The summed E-state index contributed by atoms with van der Waals surface area (Å²) in [5.74, 6) is 5.46. The van der Waals surface area contributed by atoms with Crippen molar-refractivity contribution in [2.45, 2.75) is 11.8 Å². The van der Waals surface area contributed by atoms with E-state index in [1.807, 2.05) is 6.92 Å². The maximum absolute atomic E-state index is 12.2. The number of pyridine rings is 1. The lowest BCUT2D eigenvalue weighted by atomic mass is 10.2. The molecule has 0 atom stereocenters. The number of aromatic nitrogens is 1. The SMILES string of the molecule is Cc1ccc(NS(=O)(=O)c2ccnc(NN)c2)cc1Cl. The largest absolute Gasteiger partial charge is 0.308 e. The molecule has 1 aromatic heterocycles. The van der Waals surface area contributed by atoms with Crippen LogP contribution >= 0.6 is 11.6 Å². The van der Waals surface area contributed by atoms with Crippen molar-refractivity contribution in [1.82, 2.24) is 4.98 Å². The molecule has 0 amide bonds. The predicted octanol–water partition coefficient (Wildman–Crippen LogP) is 2.13. The van der Waals surface area contributed by atoms with Crippen molar-refractivity contribution in [3.8, 4) is 0 Å². The summed E-state index contributed by atoms with van der Waals surface area (Å²) in [6.07, 6.45) is 1.35. The molecule has 0 aliphatic carbocycles. The molecule has 2 rings (SSSR count). The standard InChI is InChI=1S/C12H13ClN4O2S/c1-8-2-3-9(6-11(8)13)17-20(18,19)10-4-5-15-12(7-10)16-14/h2-7,17H,14H2,1H3,(H,15,16). The number of anilines is 2. The highest BCUT2D eigenvalue weighted by molar-refractivity contribution is 7.92. The second-order valence-electron chi connectivity index (χ2n) is 4.09. The second kappa shape index (κ2) is 5.66. The molecule has 0 aliphatic rings. The van der Waals surface area contributed by atoms with Gasteiger partial charge in [-0.1, -0.05) is 17.7 Å². The zero-order valence-electron chi connectivity index (χ0n) is 10.6. The Morgan fingerprint density at radius 3 is 2.65 bits per heavy atom. The average molecular weight is 313 g/mol. The quantitative estimate of drug-likeness (QED) is 0.593. The monoisotopic (exact) mass is 312 g/mol. The van der Waals surface area contributed by atoms with E-state index < -0.39 is 10.0 Å². The minimum atomic E-state index is -3.72. The van der Waals surface area contributed by atoms with Gasteiger partial charge in [0.2, 0.25) is 0 Å². The average Bonchev–Trinajstić information content (AvgIpc) is 2.43. The third-order valence-corrected chi connectivity index (χ3v) is 4.40.